The number of pyridine rings is 1. The molecule has 1 heterocycles. The van der Waals surface area contributed by atoms with E-state index in [2.05, 4.69) is 16.4 Å². The number of carbonyl (C=O) groups is 1. The summed E-state index contributed by atoms with van der Waals surface area (Å²) < 4.78 is 0. The van der Waals surface area contributed by atoms with Crippen LogP contribution in [0.1, 0.15) is 28.8 Å². The van der Waals surface area contributed by atoms with Gasteiger partial charge in [-0.25, -0.2) is 4.98 Å². The van der Waals surface area contributed by atoms with Gasteiger partial charge in [0.2, 0.25) is 5.91 Å². The smallest absolute Gasteiger partial charge is 0.225 e. The Morgan fingerprint density at radius 2 is 2.04 bits per heavy atom. The molecule has 0 aliphatic carbocycles. The second kappa shape index (κ2) is 8.18. The van der Waals surface area contributed by atoms with Crippen molar-refractivity contribution in [2.75, 3.05) is 11.1 Å². The third-order valence-electron chi connectivity index (χ3n) is 3.45. The molecule has 2 aromatic rings. The lowest BCUT2D eigenvalue weighted by atomic mass is 10.1. The molecule has 24 heavy (non-hydrogen) atoms. The largest absolute Gasteiger partial charge is 0.326 e. The highest BCUT2D eigenvalue weighted by Gasteiger charge is 2.10. The Morgan fingerprint density at radius 1 is 1.29 bits per heavy atom. The van der Waals surface area contributed by atoms with Crippen LogP contribution < -0.4 is 5.32 Å². The summed E-state index contributed by atoms with van der Waals surface area (Å²) in [5.74, 6) is 0.459. The zero-order valence-corrected chi connectivity index (χ0v) is 15.4. The maximum Gasteiger partial charge on any atom is 0.225 e. The molecule has 0 aliphatic heterocycles. The molecular formula is C18H18ClN3OS. The first-order valence-electron chi connectivity index (χ1n) is 7.48. The standard InChI is InChI=1S/C18H18ClN3OS/c1-11-4-5-14(9-16(11)19)22-17(23)6-7-24-18-15(10-20)12(2)8-13(3)21-18/h4-5,8-9H,6-7H2,1-3H3,(H,22,23). The van der Waals surface area contributed by atoms with Gasteiger partial charge in [-0.1, -0.05) is 17.7 Å². The van der Waals surface area contributed by atoms with E-state index in [0.29, 0.717) is 33.5 Å². The third kappa shape index (κ3) is 4.73. The van der Waals surface area contributed by atoms with E-state index in [4.69, 9.17) is 11.6 Å². The molecule has 0 radical (unpaired) electrons. The number of nitriles is 1. The SMILES string of the molecule is Cc1cc(C)c(C#N)c(SCCC(=O)Nc2ccc(C)c(Cl)c2)n1. The maximum absolute atomic E-state index is 12.0. The molecule has 6 heteroatoms. The number of hydrogen-bond acceptors (Lipinski definition) is 4. The Morgan fingerprint density at radius 3 is 2.71 bits per heavy atom. The average molecular weight is 360 g/mol. The summed E-state index contributed by atoms with van der Waals surface area (Å²) in [6.45, 7) is 5.70. The topological polar surface area (TPSA) is 65.8 Å². The predicted octanol–water partition coefficient (Wildman–Crippen LogP) is 4.65. The lowest BCUT2D eigenvalue weighted by Crippen LogP contribution is -2.12. The van der Waals surface area contributed by atoms with Crippen molar-refractivity contribution in [3.63, 3.8) is 0 Å². The Kier molecular flexibility index (Phi) is 6.24. The highest BCUT2D eigenvalue weighted by molar-refractivity contribution is 7.99. The van der Waals surface area contributed by atoms with Crippen molar-refractivity contribution in [3.8, 4) is 6.07 Å². The summed E-state index contributed by atoms with van der Waals surface area (Å²) >= 11 is 7.47. The quantitative estimate of drug-likeness (QED) is 0.789. The molecule has 0 bridgehead atoms. The Bertz CT molecular complexity index is 815. The first kappa shape index (κ1) is 18.3. The number of thioether (sulfide) groups is 1. The van der Waals surface area contributed by atoms with Crippen molar-refractivity contribution in [3.05, 3.63) is 51.7 Å². The van der Waals surface area contributed by atoms with Crippen LogP contribution in [0.25, 0.3) is 0 Å². The molecule has 1 N–H and O–H groups in total. The van der Waals surface area contributed by atoms with Gasteiger partial charge in [0.05, 0.1) is 5.56 Å². The number of nitrogens with one attached hydrogen (secondary N) is 1. The molecule has 0 unspecified atom stereocenters. The fourth-order valence-corrected chi connectivity index (χ4v) is 3.40. The first-order valence-corrected chi connectivity index (χ1v) is 8.84. The summed E-state index contributed by atoms with van der Waals surface area (Å²) in [6.07, 6.45) is 0.329. The van der Waals surface area contributed by atoms with Gasteiger partial charge in [0.1, 0.15) is 11.1 Å². The van der Waals surface area contributed by atoms with Crippen LogP contribution in [-0.4, -0.2) is 16.6 Å². The van der Waals surface area contributed by atoms with Crippen molar-refractivity contribution in [1.82, 2.24) is 4.98 Å². The number of halogens is 1. The van der Waals surface area contributed by atoms with Crippen molar-refractivity contribution < 1.29 is 4.79 Å². The molecular weight excluding hydrogens is 342 g/mol. The summed E-state index contributed by atoms with van der Waals surface area (Å²) in [7, 11) is 0. The second-order valence-corrected chi connectivity index (χ2v) is 6.97. The van der Waals surface area contributed by atoms with Crippen molar-refractivity contribution in [2.45, 2.75) is 32.2 Å². The average Bonchev–Trinajstić information content (AvgIpc) is 2.50. The van der Waals surface area contributed by atoms with Gasteiger partial charge >= 0.3 is 0 Å². The van der Waals surface area contributed by atoms with Gasteiger partial charge in [0.25, 0.3) is 0 Å². The van der Waals surface area contributed by atoms with Gasteiger partial charge in [0.15, 0.2) is 0 Å². The molecule has 0 atom stereocenters. The van der Waals surface area contributed by atoms with Gasteiger partial charge in [-0.15, -0.1) is 11.8 Å². The number of benzene rings is 1. The molecule has 4 nitrogen and oxygen atoms in total. The van der Waals surface area contributed by atoms with Crippen LogP contribution in [0.3, 0.4) is 0 Å². The Balaban J connectivity index is 1.93. The molecule has 0 aliphatic rings. The monoisotopic (exact) mass is 359 g/mol. The molecule has 0 saturated heterocycles. The molecule has 1 aromatic carbocycles. The van der Waals surface area contributed by atoms with Gasteiger partial charge in [-0.2, -0.15) is 5.26 Å². The van der Waals surface area contributed by atoms with E-state index >= 15 is 0 Å². The highest BCUT2D eigenvalue weighted by atomic mass is 35.5. The van der Waals surface area contributed by atoms with Crippen LogP contribution in [0.4, 0.5) is 5.69 Å². The predicted molar refractivity (Wildman–Crippen MR) is 98.6 cm³/mol. The van der Waals surface area contributed by atoms with Crippen molar-refractivity contribution >= 4 is 35.0 Å². The van der Waals surface area contributed by atoms with Gasteiger partial charge in [-0.05, 0) is 50.1 Å². The van der Waals surface area contributed by atoms with E-state index in [-0.39, 0.29) is 5.91 Å². The van der Waals surface area contributed by atoms with E-state index in [1.54, 1.807) is 6.07 Å². The van der Waals surface area contributed by atoms with Crippen LogP contribution in [0.2, 0.25) is 5.02 Å². The van der Waals surface area contributed by atoms with Crippen molar-refractivity contribution in [2.24, 2.45) is 0 Å². The zero-order valence-electron chi connectivity index (χ0n) is 13.8. The molecule has 2 rings (SSSR count). The number of carbonyl (C=O) groups excluding carboxylic acids is 1. The lowest BCUT2D eigenvalue weighted by Gasteiger charge is -2.08. The van der Waals surface area contributed by atoms with Crippen molar-refractivity contribution in [1.29, 1.82) is 5.26 Å². The van der Waals surface area contributed by atoms with Gasteiger partial charge < -0.3 is 5.32 Å². The summed E-state index contributed by atoms with van der Waals surface area (Å²) in [5, 5.41) is 13.4. The van der Waals surface area contributed by atoms with E-state index in [1.807, 2.05) is 39.0 Å². The molecule has 1 amide bonds. The minimum atomic E-state index is -0.0923. The fraction of sp³-hybridized carbons (Fsp3) is 0.278. The first-order chi connectivity index (χ1) is 11.4. The van der Waals surface area contributed by atoms with Crippen LogP contribution in [0.5, 0.6) is 0 Å². The van der Waals surface area contributed by atoms with Crippen LogP contribution in [0.15, 0.2) is 29.3 Å². The molecule has 0 saturated carbocycles. The number of anilines is 1. The number of aryl methyl sites for hydroxylation is 3. The number of amides is 1. The van der Waals surface area contributed by atoms with E-state index in [9.17, 15) is 10.1 Å². The normalized spacial score (nSPS) is 10.3. The third-order valence-corrected chi connectivity index (χ3v) is 4.83. The Hall–Kier alpha value is -2.03. The van der Waals surface area contributed by atoms with E-state index in [0.717, 1.165) is 16.8 Å². The minimum absolute atomic E-state index is 0.0923. The lowest BCUT2D eigenvalue weighted by molar-refractivity contribution is -0.115. The second-order valence-electron chi connectivity index (χ2n) is 5.48. The molecule has 0 fully saturated rings. The zero-order chi connectivity index (χ0) is 17.7. The minimum Gasteiger partial charge on any atom is -0.326 e. The highest BCUT2D eigenvalue weighted by Crippen LogP contribution is 2.24. The molecule has 0 spiro atoms. The number of aromatic nitrogens is 1. The van der Waals surface area contributed by atoms with Gasteiger partial charge in [0, 0.05) is 28.6 Å². The van der Waals surface area contributed by atoms with E-state index in [1.165, 1.54) is 11.8 Å². The van der Waals surface area contributed by atoms with Gasteiger partial charge in [-0.3, -0.25) is 4.79 Å². The summed E-state index contributed by atoms with van der Waals surface area (Å²) in [4.78, 5) is 16.4. The Labute approximate surface area is 151 Å². The fourth-order valence-electron chi connectivity index (χ4n) is 2.18. The maximum atomic E-state index is 12.0. The van der Waals surface area contributed by atoms with Crippen LogP contribution in [0, 0.1) is 32.1 Å². The van der Waals surface area contributed by atoms with Crippen LogP contribution >= 0.6 is 23.4 Å². The number of rotatable bonds is 5. The molecule has 124 valence electrons. The number of hydrogen-bond donors (Lipinski definition) is 1. The summed E-state index contributed by atoms with van der Waals surface area (Å²) in [5.41, 5.74) is 4.01. The summed E-state index contributed by atoms with van der Waals surface area (Å²) in [6, 6.07) is 9.50. The molecule has 1 aromatic heterocycles. The van der Waals surface area contributed by atoms with Crippen LogP contribution in [-0.2, 0) is 4.79 Å². The van der Waals surface area contributed by atoms with E-state index < -0.39 is 0 Å². The number of nitrogens with zero attached hydrogens (tertiary/aromatic N) is 2.